The molecule has 9 nitrogen and oxygen atoms in total. The van der Waals surface area contributed by atoms with E-state index in [4.69, 9.17) is 10.5 Å². The summed E-state index contributed by atoms with van der Waals surface area (Å²) in [5.74, 6) is -4.48. The molecule has 0 aromatic heterocycles. The Balaban J connectivity index is 3.05. The van der Waals surface area contributed by atoms with Crippen molar-refractivity contribution >= 4 is 75.6 Å². The summed E-state index contributed by atoms with van der Waals surface area (Å²) in [4.78, 5) is 84.8. The van der Waals surface area contributed by atoms with Gasteiger partial charge in [-0.05, 0) is 45.4 Å². The zero-order chi connectivity index (χ0) is 29.0. The van der Waals surface area contributed by atoms with Crippen molar-refractivity contribution in [3.8, 4) is 5.75 Å². The van der Waals surface area contributed by atoms with E-state index < -0.39 is 34.7 Å². The van der Waals surface area contributed by atoms with Crippen LogP contribution >= 0.6 is 36.2 Å². The van der Waals surface area contributed by atoms with Crippen molar-refractivity contribution < 1.29 is 38.3 Å². The van der Waals surface area contributed by atoms with Crippen molar-refractivity contribution in [3.63, 3.8) is 0 Å². The first kappa shape index (κ1) is 33.6. The Morgan fingerprint density at radius 3 is 1.89 bits per heavy atom. The summed E-state index contributed by atoms with van der Waals surface area (Å²) in [6.07, 6.45) is -0.228. The van der Waals surface area contributed by atoms with Gasteiger partial charge in [-0.25, -0.2) is 0 Å². The molecule has 0 aliphatic rings. The zero-order valence-corrected chi connectivity index (χ0v) is 24.3. The maximum absolute atomic E-state index is 13.1. The summed E-state index contributed by atoms with van der Waals surface area (Å²) in [5.41, 5.74) is 6.11. The van der Waals surface area contributed by atoms with Gasteiger partial charge in [0.1, 0.15) is 23.1 Å². The van der Waals surface area contributed by atoms with Crippen LogP contribution in [0, 0.1) is 24.7 Å². The van der Waals surface area contributed by atoms with Gasteiger partial charge < -0.3 is 24.9 Å². The number of rotatable bonds is 16. The number of hydrogen-bond donors (Lipinski definition) is 2. The van der Waals surface area contributed by atoms with E-state index in [1.165, 1.54) is 32.9 Å². The topological polar surface area (TPSA) is 155 Å². The Bertz CT molecular complexity index is 1090. The maximum atomic E-state index is 13.1. The third-order valence-corrected chi connectivity index (χ3v) is 7.98. The molecular formula is C26H33NO8S3. The van der Waals surface area contributed by atoms with Crippen LogP contribution in [0.3, 0.4) is 0 Å². The number of ketones is 3. The van der Waals surface area contributed by atoms with Crippen LogP contribution in [-0.2, 0) is 28.8 Å². The van der Waals surface area contributed by atoms with Crippen LogP contribution in [0.5, 0.6) is 5.75 Å². The van der Waals surface area contributed by atoms with Gasteiger partial charge in [0, 0.05) is 42.4 Å². The van der Waals surface area contributed by atoms with Crippen molar-refractivity contribution in [2.45, 2.75) is 47.0 Å². The Hall–Kier alpha value is -2.44. The molecule has 38 heavy (non-hydrogen) atoms. The van der Waals surface area contributed by atoms with Crippen LogP contribution in [0.25, 0.3) is 0 Å². The van der Waals surface area contributed by atoms with E-state index >= 15 is 0 Å². The number of primary amides is 1. The van der Waals surface area contributed by atoms with Crippen molar-refractivity contribution in [1.82, 2.24) is 0 Å². The number of benzene rings is 1. The number of amides is 1. The molecule has 3 atom stereocenters. The molecule has 0 saturated heterocycles. The Labute approximate surface area is 236 Å². The lowest BCUT2D eigenvalue weighted by atomic mass is 10.1. The van der Waals surface area contributed by atoms with Crippen LogP contribution in [0.4, 0.5) is 0 Å². The highest BCUT2D eigenvalue weighted by molar-refractivity contribution is 8.14. The fourth-order valence-corrected chi connectivity index (χ4v) is 5.74. The predicted molar refractivity (Wildman–Crippen MR) is 150 cm³/mol. The summed E-state index contributed by atoms with van der Waals surface area (Å²) < 4.78 is 5.55. The molecule has 0 fully saturated rings. The molecule has 1 aromatic carbocycles. The van der Waals surface area contributed by atoms with E-state index in [-0.39, 0.29) is 70.3 Å². The minimum Gasteiger partial charge on any atom is -0.425 e. The zero-order valence-electron chi connectivity index (χ0n) is 21.8. The van der Waals surface area contributed by atoms with E-state index in [0.717, 1.165) is 23.5 Å². The molecule has 208 valence electrons. The fourth-order valence-electron chi connectivity index (χ4n) is 3.34. The van der Waals surface area contributed by atoms with E-state index in [1.54, 1.807) is 13.0 Å². The van der Waals surface area contributed by atoms with E-state index in [2.05, 4.69) is 12.6 Å². The molecule has 0 radical (unpaired) electrons. The minimum absolute atomic E-state index is 0.0205. The van der Waals surface area contributed by atoms with Crippen molar-refractivity contribution in [2.75, 3.05) is 17.3 Å². The SMILES string of the molecule is CC(=O)CC(CSC(=O)c1ccc(C)cc1OC(=O)C(CSC(=O)C(CS)CC(C)=O)CC(C)=O)C(N)=O. The summed E-state index contributed by atoms with van der Waals surface area (Å²) in [7, 11) is 0. The van der Waals surface area contributed by atoms with Crippen LogP contribution in [0.1, 0.15) is 56.0 Å². The Morgan fingerprint density at radius 1 is 0.842 bits per heavy atom. The molecule has 0 aliphatic heterocycles. The number of esters is 1. The first-order valence-corrected chi connectivity index (χ1v) is 14.4. The van der Waals surface area contributed by atoms with Gasteiger partial charge in [-0.3, -0.25) is 19.2 Å². The van der Waals surface area contributed by atoms with Gasteiger partial charge in [0.25, 0.3) is 0 Å². The highest BCUT2D eigenvalue weighted by Gasteiger charge is 2.28. The van der Waals surface area contributed by atoms with E-state index in [9.17, 15) is 33.6 Å². The summed E-state index contributed by atoms with van der Waals surface area (Å²) >= 11 is 5.74. The average molecular weight is 584 g/mol. The molecule has 12 heteroatoms. The highest BCUT2D eigenvalue weighted by atomic mass is 32.2. The number of Topliss-reactive ketones (excluding diaryl/α,β-unsaturated/α-hetero) is 3. The molecule has 1 amide bonds. The molecule has 0 spiro atoms. The van der Waals surface area contributed by atoms with Gasteiger partial charge in [0.05, 0.1) is 17.4 Å². The minimum atomic E-state index is -0.967. The maximum Gasteiger partial charge on any atom is 0.315 e. The fraction of sp³-hybridized carbons (Fsp3) is 0.500. The lowest BCUT2D eigenvalue weighted by molar-refractivity contribution is -0.140. The second-order valence-corrected chi connectivity index (χ2v) is 11.4. The first-order chi connectivity index (χ1) is 17.7. The second-order valence-electron chi connectivity index (χ2n) is 9.04. The van der Waals surface area contributed by atoms with Crippen molar-refractivity contribution in [1.29, 1.82) is 0 Å². The Kier molecular flexibility index (Phi) is 14.6. The summed E-state index contributed by atoms with van der Waals surface area (Å²) in [5, 5.41) is -0.801. The molecule has 3 unspecified atom stereocenters. The first-order valence-electron chi connectivity index (χ1n) is 11.8. The van der Waals surface area contributed by atoms with Crippen LogP contribution in [0.2, 0.25) is 0 Å². The van der Waals surface area contributed by atoms with Gasteiger partial charge in [0.15, 0.2) is 5.12 Å². The number of nitrogens with two attached hydrogens (primary N) is 1. The van der Waals surface area contributed by atoms with Gasteiger partial charge >= 0.3 is 5.97 Å². The number of carbonyl (C=O) groups excluding carboxylic acids is 7. The molecule has 0 saturated carbocycles. The number of hydrogen-bond acceptors (Lipinski definition) is 11. The number of aryl methyl sites for hydroxylation is 1. The Morgan fingerprint density at radius 2 is 1.37 bits per heavy atom. The van der Waals surface area contributed by atoms with Gasteiger partial charge in [-0.1, -0.05) is 29.6 Å². The quantitative estimate of drug-likeness (QED) is 0.168. The molecule has 2 N–H and O–H groups in total. The van der Waals surface area contributed by atoms with E-state index in [0.29, 0.717) is 5.56 Å². The van der Waals surface area contributed by atoms with Crippen LogP contribution in [-0.4, -0.2) is 56.7 Å². The molecule has 1 aromatic rings. The second kappa shape index (κ2) is 16.5. The number of thiol groups is 1. The van der Waals surface area contributed by atoms with E-state index in [1.807, 2.05) is 0 Å². The largest absolute Gasteiger partial charge is 0.425 e. The lowest BCUT2D eigenvalue weighted by Gasteiger charge is -2.17. The standard InChI is InChI=1S/C26H33NO8S3/c1-14-5-6-21(26(34)38-12-19(23(27)31)9-16(3)29)22(7-14)35-24(32)20(10-17(4)30)13-37-25(33)18(11-36)8-15(2)28/h5-7,18-20,36H,8-13H2,1-4H3,(H2,27,31). The molecule has 0 heterocycles. The lowest BCUT2D eigenvalue weighted by Crippen LogP contribution is -2.28. The number of carbonyl (C=O) groups is 7. The monoisotopic (exact) mass is 583 g/mol. The predicted octanol–water partition coefficient (Wildman–Crippen LogP) is 3.23. The molecule has 0 aliphatic carbocycles. The van der Waals surface area contributed by atoms with Crippen molar-refractivity contribution in [2.24, 2.45) is 23.5 Å². The summed E-state index contributed by atoms with van der Waals surface area (Å²) in [6.45, 7) is 5.75. The van der Waals surface area contributed by atoms with Gasteiger partial charge in [-0.15, -0.1) is 0 Å². The third-order valence-electron chi connectivity index (χ3n) is 5.30. The average Bonchev–Trinajstić information content (AvgIpc) is 2.81. The highest BCUT2D eigenvalue weighted by Crippen LogP contribution is 2.29. The number of ether oxygens (including phenoxy) is 1. The van der Waals surface area contributed by atoms with Gasteiger partial charge in [0.2, 0.25) is 11.0 Å². The molecule has 0 bridgehead atoms. The van der Waals surface area contributed by atoms with Crippen LogP contribution < -0.4 is 10.5 Å². The normalized spacial score (nSPS) is 13.2. The smallest absolute Gasteiger partial charge is 0.315 e. The van der Waals surface area contributed by atoms with Gasteiger partial charge in [-0.2, -0.15) is 12.6 Å². The molecule has 1 rings (SSSR count). The third kappa shape index (κ3) is 12.0. The van der Waals surface area contributed by atoms with Crippen LogP contribution in [0.15, 0.2) is 18.2 Å². The molecular weight excluding hydrogens is 550 g/mol. The summed E-state index contributed by atoms with van der Waals surface area (Å²) in [6, 6.07) is 4.63. The number of thioether (sulfide) groups is 2. The van der Waals surface area contributed by atoms with Crippen molar-refractivity contribution in [3.05, 3.63) is 29.3 Å².